The lowest BCUT2D eigenvalue weighted by Crippen LogP contribution is -1.96. The first-order chi connectivity index (χ1) is 9.19. The Labute approximate surface area is 121 Å². The van der Waals surface area contributed by atoms with E-state index in [2.05, 4.69) is 5.16 Å². The van der Waals surface area contributed by atoms with Crippen LogP contribution in [0.4, 0.5) is 0 Å². The first kappa shape index (κ1) is 13.7. The second kappa shape index (κ2) is 6.45. The van der Waals surface area contributed by atoms with Crippen LogP contribution in [0.2, 0.25) is 10.0 Å². The van der Waals surface area contributed by atoms with E-state index in [1.807, 2.05) is 24.3 Å². The lowest BCUT2D eigenvalue weighted by Gasteiger charge is -2.08. The van der Waals surface area contributed by atoms with Crippen molar-refractivity contribution in [3.05, 3.63) is 63.6 Å². The molecule has 19 heavy (non-hydrogen) atoms. The largest absolute Gasteiger partial charge is 0.489 e. The van der Waals surface area contributed by atoms with Crippen LogP contribution in [0.5, 0.6) is 5.75 Å². The fraction of sp³-hybridized carbons (Fsp3) is 0.0714. The molecule has 0 fully saturated rings. The highest BCUT2D eigenvalue weighted by atomic mass is 35.5. The summed E-state index contributed by atoms with van der Waals surface area (Å²) in [6, 6.07) is 12.5. The maximum atomic E-state index is 8.48. The summed E-state index contributed by atoms with van der Waals surface area (Å²) in [5.74, 6) is 0.670. The number of hydrogen-bond acceptors (Lipinski definition) is 3. The van der Waals surface area contributed by atoms with E-state index in [4.69, 9.17) is 33.1 Å². The third kappa shape index (κ3) is 3.88. The average molecular weight is 296 g/mol. The Balaban J connectivity index is 2.07. The van der Waals surface area contributed by atoms with Gasteiger partial charge >= 0.3 is 0 Å². The smallest absolute Gasteiger partial charge is 0.120 e. The molecule has 3 nitrogen and oxygen atoms in total. The Morgan fingerprint density at radius 1 is 1.16 bits per heavy atom. The fourth-order valence-corrected chi connectivity index (χ4v) is 2.01. The SMILES string of the molecule is O/N=C\c1cccc(OCc2ccc(Cl)cc2Cl)c1. The van der Waals surface area contributed by atoms with Crippen LogP contribution in [0.3, 0.4) is 0 Å². The minimum atomic E-state index is 0.343. The number of benzene rings is 2. The number of oxime groups is 1. The third-order valence-corrected chi connectivity index (χ3v) is 3.06. The summed E-state index contributed by atoms with van der Waals surface area (Å²) in [4.78, 5) is 0. The molecule has 0 radical (unpaired) electrons. The molecule has 0 atom stereocenters. The molecule has 2 aromatic carbocycles. The molecule has 2 aromatic rings. The van der Waals surface area contributed by atoms with E-state index in [9.17, 15) is 0 Å². The molecule has 0 aliphatic heterocycles. The first-order valence-corrected chi connectivity index (χ1v) is 6.29. The van der Waals surface area contributed by atoms with E-state index in [1.165, 1.54) is 6.21 Å². The number of rotatable bonds is 4. The van der Waals surface area contributed by atoms with Crippen molar-refractivity contribution in [1.29, 1.82) is 0 Å². The molecule has 0 aliphatic carbocycles. The van der Waals surface area contributed by atoms with Crippen molar-refractivity contribution >= 4 is 29.4 Å². The Kier molecular flexibility index (Phi) is 4.66. The Morgan fingerprint density at radius 2 is 2.00 bits per heavy atom. The predicted octanol–water partition coefficient (Wildman–Crippen LogP) is 4.38. The molecule has 98 valence electrons. The second-order valence-corrected chi connectivity index (χ2v) is 4.69. The first-order valence-electron chi connectivity index (χ1n) is 5.53. The number of nitrogens with zero attached hydrogens (tertiary/aromatic N) is 1. The van der Waals surface area contributed by atoms with E-state index >= 15 is 0 Å². The van der Waals surface area contributed by atoms with E-state index in [1.54, 1.807) is 18.2 Å². The highest BCUT2D eigenvalue weighted by Gasteiger charge is 2.03. The van der Waals surface area contributed by atoms with Gasteiger partial charge in [0.25, 0.3) is 0 Å². The van der Waals surface area contributed by atoms with Gasteiger partial charge in [-0.1, -0.05) is 46.6 Å². The van der Waals surface area contributed by atoms with Crippen molar-refractivity contribution in [2.24, 2.45) is 5.16 Å². The Hall–Kier alpha value is -1.71. The van der Waals surface area contributed by atoms with Gasteiger partial charge in [-0.05, 0) is 29.8 Å². The van der Waals surface area contributed by atoms with Crippen LogP contribution in [0.1, 0.15) is 11.1 Å². The van der Waals surface area contributed by atoms with Crippen molar-refractivity contribution in [3.63, 3.8) is 0 Å². The molecular formula is C14H11Cl2NO2. The van der Waals surface area contributed by atoms with Crippen LogP contribution in [-0.2, 0) is 6.61 Å². The van der Waals surface area contributed by atoms with Gasteiger partial charge in [0.2, 0.25) is 0 Å². The summed E-state index contributed by atoms with van der Waals surface area (Å²) in [5, 5.41) is 12.6. The van der Waals surface area contributed by atoms with Crippen LogP contribution < -0.4 is 4.74 Å². The normalized spacial score (nSPS) is 10.8. The number of hydrogen-bond donors (Lipinski definition) is 1. The van der Waals surface area contributed by atoms with Gasteiger partial charge in [0, 0.05) is 15.6 Å². The fourth-order valence-electron chi connectivity index (χ4n) is 1.55. The molecule has 0 bridgehead atoms. The van der Waals surface area contributed by atoms with Gasteiger partial charge in [0.15, 0.2) is 0 Å². The van der Waals surface area contributed by atoms with Gasteiger partial charge in [0.05, 0.1) is 6.21 Å². The monoisotopic (exact) mass is 295 g/mol. The summed E-state index contributed by atoms with van der Waals surface area (Å²) < 4.78 is 5.63. The number of ether oxygens (including phenoxy) is 1. The van der Waals surface area contributed by atoms with Crippen molar-refractivity contribution < 1.29 is 9.94 Å². The zero-order chi connectivity index (χ0) is 13.7. The second-order valence-electron chi connectivity index (χ2n) is 3.84. The van der Waals surface area contributed by atoms with Crippen molar-refractivity contribution in [1.82, 2.24) is 0 Å². The summed E-state index contributed by atoms with van der Waals surface area (Å²) in [7, 11) is 0. The summed E-state index contributed by atoms with van der Waals surface area (Å²) in [6.07, 6.45) is 1.34. The third-order valence-electron chi connectivity index (χ3n) is 2.47. The zero-order valence-electron chi connectivity index (χ0n) is 9.88. The van der Waals surface area contributed by atoms with Gasteiger partial charge in [-0.2, -0.15) is 0 Å². The average Bonchev–Trinajstić information content (AvgIpc) is 2.38. The van der Waals surface area contributed by atoms with Gasteiger partial charge in [0.1, 0.15) is 12.4 Å². The molecule has 0 spiro atoms. The van der Waals surface area contributed by atoms with Crippen LogP contribution >= 0.6 is 23.2 Å². The molecule has 0 unspecified atom stereocenters. The van der Waals surface area contributed by atoms with E-state index in [0.717, 1.165) is 11.1 Å². The zero-order valence-corrected chi connectivity index (χ0v) is 11.4. The highest BCUT2D eigenvalue weighted by Crippen LogP contribution is 2.22. The highest BCUT2D eigenvalue weighted by molar-refractivity contribution is 6.35. The van der Waals surface area contributed by atoms with Crippen LogP contribution in [0, 0.1) is 0 Å². The van der Waals surface area contributed by atoms with Gasteiger partial charge in [-0.15, -0.1) is 0 Å². The van der Waals surface area contributed by atoms with E-state index < -0.39 is 0 Å². The molecule has 5 heteroatoms. The molecular weight excluding hydrogens is 285 g/mol. The Morgan fingerprint density at radius 3 is 2.74 bits per heavy atom. The summed E-state index contributed by atoms with van der Waals surface area (Å²) in [6.45, 7) is 0.343. The maximum Gasteiger partial charge on any atom is 0.120 e. The summed E-state index contributed by atoms with van der Waals surface area (Å²) >= 11 is 11.9. The minimum Gasteiger partial charge on any atom is -0.489 e. The van der Waals surface area contributed by atoms with Crippen LogP contribution in [-0.4, -0.2) is 11.4 Å². The molecule has 1 N–H and O–H groups in total. The van der Waals surface area contributed by atoms with Gasteiger partial charge < -0.3 is 9.94 Å². The van der Waals surface area contributed by atoms with Gasteiger partial charge in [-0.25, -0.2) is 0 Å². The summed E-state index contributed by atoms with van der Waals surface area (Å²) in [5.41, 5.74) is 1.61. The molecule has 0 amide bonds. The van der Waals surface area contributed by atoms with Gasteiger partial charge in [-0.3, -0.25) is 0 Å². The lowest BCUT2D eigenvalue weighted by atomic mass is 10.2. The predicted molar refractivity (Wildman–Crippen MR) is 76.6 cm³/mol. The van der Waals surface area contributed by atoms with Crippen molar-refractivity contribution in [2.75, 3.05) is 0 Å². The molecule has 2 rings (SSSR count). The molecule has 0 saturated heterocycles. The van der Waals surface area contributed by atoms with E-state index in [-0.39, 0.29) is 0 Å². The molecule has 0 aliphatic rings. The Bertz CT molecular complexity index is 600. The molecule has 0 saturated carbocycles. The molecule has 0 aromatic heterocycles. The standard InChI is InChI=1S/C14H11Cl2NO2/c15-12-5-4-11(14(16)7-12)9-19-13-3-1-2-10(6-13)8-17-18/h1-8,18H,9H2/b17-8-. The topological polar surface area (TPSA) is 41.8 Å². The number of halogens is 2. The van der Waals surface area contributed by atoms with Crippen LogP contribution in [0.25, 0.3) is 0 Å². The minimum absolute atomic E-state index is 0.343. The molecule has 0 heterocycles. The maximum absolute atomic E-state index is 8.48. The van der Waals surface area contributed by atoms with Crippen molar-refractivity contribution in [2.45, 2.75) is 6.61 Å². The van der Waals surface area contributed by atoms with Crippen LogP contribution in [0.15, 0.2) is 47.6 Å². The quantitative estimate of drug-likeness (QED) is 0.517. The van der Waals surface area contributed by atoms with E-state index in [0.29, 0.717) is 22.4 Å². The lowest BCUT2D eigenvalue weighted by molar-refractivity contribution is 0.306. The van der Waals surface area contributed by atoms with Crippen molar-refractivity contribution in [3.8, 4) is 5.75 Å².